The number of Topliss-reactive ketones (excluding diaryl/α,β-unsaturated/α-hetero) is 1. The molecule has 0 spiro atoms. The van der Waals surface area contributed by atoms with Gasteiger partial charge in [0.05, 0.1) is 12.7 Å². The topological polar surface area (TPSA) is 26.3 Å². The molecule has 2 nitrogen and oxygen atoms in total. The number of carbonyl (C=O) groups is 1. The van der Waals surface area contributed by atoms with E-state index in [4.69, 9.17) is 4.74 Å². The smallest absolute Gasteiger partial charge is 0.170 e. The number of halogens is 1. The predicted octanol–water partition coefficient (Wildman–Crippen LogP) is 2.83. The molecule has 0 saturated heterocycles. The third-order valence-electron chi connectivity index (χ3n) is 2.64. The molecule has 0 unspecified atom stereocenters. The zero-order valence-corrected chi connectivity index (χ0v) is 9.72. The van der Waals surface area contributed by atoms with E-state index in [1.165, 1.54) is 0 Å². The van der Waals surface area contributed by atoms with Gasteiger partial charge in [-0.2, -0.15) is 0 Å². The summed E-state index contributed by atoms with van der Waals surface area (Å²) in [5.74, 6) is 0.966. The minimum atomic E-state index is 0.0811. The summed E-state index contributed by atoms with van der Waals surface area (Å²) >= 11 is 3.46. The van der Waals surface area contributed by atoms with E-state index in [0.29, 0.717) is 5.75 Å². The Kier molecular flexibility index (Phi) is 2.35. The average molecular weight is 255 g/mol. The molecule has 1 aromatic rings. The van der Waals surface area contributed by atoms with Gasteiger partial charge in [0.15, 0.2) is 5.78 Å². The van der Waals surface area contributed by atoms with Gasteiger partial charge in [-0.15, -0.1) is 0 Å². The number of hydrogen-bond donors (Lipinski definition) is 0. The lowest BCUT2D eigenvalue weighted by Gasteiger charge is -2.06. The number of benzene rings is 1. The Morgan fingerprint density at radius 3 is 2.86 bits per heavy atom. The fraction of sp³-hybridized carbons (Fsp3) is 0.364. The summed E-state index contributed by atoms with van der Waals surface area (Å²) in [4.78, 5) is 11.8. The number of ether oxygens (including phenoxy) is 1. The molecule has 0 heterocycles. The van der Waals surface area contributed by atoms with E-state index in [1.807, 2.05) is 19.1 Å². The Balaban J connectivity index is 2.65. The van der Waals surface area contributed by atoms with E-state index in [0.717, 1.165) is 22.0 Å². The Bertz CT molecular complexity index is 399. The molecule has 0 radical (unpaired) electrons. The lowest BCUT2D eigenvalue weighted by atomic mass is 10.1. The average Bonchev–Trinajstić information content (AvgIpc) is 2.47. The van der Waals surface area contributed by atoms with Crippen LogP contribution in [0.15, 0.2) is 16.6 Å². The summed E-state index contributed by atoms with van der Waals surface area (Å²) in [5.41, 5.74) is 1.84. The quantitative estimate of drug-likeness (QED) is 0.771. The van der Waals surface area contributed by atoms with Crippen LogP contribution in [-0.2, 0) is 6.42 Å². The van der Waals surface area contributed by atoms with E-state index < -0.39 is 0 Å². The number of rotatable bonds is 1. The molecule has 0 amide bonds. The molecule has 0 aromatic heterocycles. The van der Waals surface area contributed by atoms with Crippen molar-refractivity contribution < 1.29 is 9.53 Å². The van der Waals surface area contributed by atoms with E-state index in [2.05, 4.69) is 15.9 Å². The van der Waals surface area contributed by atoms with Crippen LogP contribution in [0.5, 0.6) is 5.75 Å². The van der Waals surface area contributed by atoms with Gasteiger partial charge < -0.3 is 4.74 Å². The van der Waals surface area contributed by atoms with E-state index >= 15 is 0 Å². The molecule has 0 N–H and O–H groups in total. The number of ketones is 1. The lowest BCUT2D eigenvalue weighted by molar-refractivity contribution is 0.0944. The van der Waals surface area contributed by atoms with Crippen LogP contribution in [0.2, 0.25) is 0 Å². The van der Waals surface area contributed by atoms with Crippen molar-refractivity contribution >= 4 is 21.7 Å². The largest absolute Gasteiger partial charge is 0.496 e. The van der Waals surface area contributed by atoms with Gasteiger partial charge in [0.1, 0.15) is 5.75 Å². The number of methoxy groups -OCH3 is 1. The summed E-state index contributed by atoms with van der Waals surface area (Å²) in [6, 6.07) is 3.77. The van der Waals surface area contributed by atoms with Crippen molar-refractivity contribution in [3.8, 4) is 5.75 Å². The fourth-order valence-corrected chi connectivity index (χ4v) is 2.38. The van der Waals surface area contributed by atoms with Crippen LogP contribution in [0.1, 0.15) is 22.8 Å². The number of hydrogen-bond acceptors (Lipinski definition) is 2. The second-order valence-electron chi connectivity index (χ2n) is 3.57. The predicted molar refractivity (Wildman–Crippen MR) is 57.9 cm³/mol. The van der Waals surface area contributed by atoms with Crippen molar-refractivity contribution in [1.82, 2.24) is 0 Å². The highest BCUT2D eigenvalue weighted by Gasteiger charge is 2.31. The molecule has 0 fully saturated rings. The van der Waals surface area contributed by atoms with Crippen LogP contribution < -0.4 is 4.74 Å². The maximum Gasteiger partial charge on any atom is 0.170 e. The van der Waals surface area contributed by atoms with E-state index in [9.17, 15) is 4.79 Å². The third-order valence-corrected chi connectivity index (χ3v) is 3.38. The SMILES string of the molecule is COc1ccc(Br)c2c1C(=O)[C@@H](C)C2. The molecule has 1 atom stereocenters. The monoisotopic (exact) mass is 254 g/mol. The van der Waals surface area contributed by atoms with Gasteiger partial charge in [0, 0.05) is 10.4 Å². The van der Waals surface area contributed by atoms with Gasteiger partial charge >= 0.3 is 0 Å². The van der Waals surface area contributed by atoms with Crippen LogP contribution in [-0.4, -0.2) is 12.9 Å². The number of fused-ring (bicyclic) bond motifs is 1. The van der Waals surface area contributed by atoms with Gasteiger partial charge in [-0.1, -0.05) is 22.9 Å². The summed E-state index contributed by atoms with van der Waals surface area (Å²) in [7, 11) is 1.60. The standard InChI is InChI=1S/C11H11BrO2/c1-6-5-7-8(12)3-4-9(14-2)10(7)11(6)13/h3-4,6H,5H2,1-2H3/t6-/m0/s1. The summed E-state index contributed by atoms with van der Waals surface area (Å²) < 4.78 is 6.19. The summed E-state index contributed by atoms with van der Waals surface area (Å²) in [6.45, 7) is 1.95. The highest BCUT2D eigenvalue weighted by molar-refractivity contribution is 9.10. The van der Waals surface area contributed by atoms with Crippen molar-refractivity contribution in [3.05, 3.63) is 27.7 Å². The minimum absolute atomic E-state index is 0.0811. The fourth-order valence-electron chi connectivity index (χ4n) is 1.89. The van der Waals surface area contributed by atoms with E-state index in [-0.39, 0.29) is 11.7 Å². The molecule has 0 aliphatic heterocycles. The molecule has 74 valence electrons. The van der Waals surface area contributed by atoms with Gasteiger partial charge in [-0.3, -0.25) is 4.79 Å². The first-order valence-corrected chi connectivity index (χ1v) is 5.34. The van der Waals surface area contributed by atoms with E-state index in [1.54, 1.807) is 7.11 Å². The normalized spacial score (nSPS) is 19.6. The van der Waals surface area contributed by atoms with Crippen LogP contribution in [0.4, 0.5) is 0 Å². The highest BCUT2D eigenvalue weighted by Crippen LogP contribution is 2.37. The minimum Gasteiger partial charge on any atom is -0.496 e. The molecule has 2 rings (SSSR count). The summed E-state index contributed by atoms with van der Waals surface area (Å²) in [6.07, 6.45) is 0.811. The van der Waals surface area contributed by atoms with Crippen molar-refractivity contribution in [2.45, 2.75) is 13.3 Å². The van der Waals surface area contributed by atoms with Gasteiger partial charge in [0.2, 0.25) is 0 Å². The molecule has 14 heavy (non-hydrogen) atoms. The maximum atomic E-state index is 11.8. The molecule has 0 bridgehead atoms. The van der Waals surface area contributed by atoms with Gasteiger partial charge in [-0.25, -0.2) is 0 Å². The first-order valence-electron chi connectivity index (χ1n) is 4.54. The molecular formula is C11H11BrO2. The Labute approximate surface area is 91.4 Å². The van der Waals surface area contributed by atoms with Gasteiger partial charge in [-0.05, 0) is 24.1 Å². The maximum absolute atomic E-state index is 11.8. The zero-order chi connectivity index (χ0) is 10.3. The molecular weight excluding hydrogens is 244 g/mol. The van der Waals surface area contributed by atoms with Crippen molar-refractivity contribution in [2.75, 3.05) is 7.11 Å². The summed E-state index contributed by atoms with van der Waals surface area (Å²) in [5, 5.41) is 0. The molecule has 0 saturated carbocycles. The molecule has 1 aliphatic carbocycles. The second-order valence-corrected chi connectivity index (χ2v) is 4.43. The highest BCUT2D eigenvalue weighted by atomic mass is 79.9. The Morgan fingerprint density at radius 2 is 2.21 bits per heavy atom. The zero-order valence-electron chi connectivity index (χ0n) is 8.13. The molecule has 3 heteroatoms. The second kappa shape index (κ2) is 3.39. The Morgan fingerprint density at radius 1 is 1.50 bits per heavy atom. The van der Waals surface area contributed by atoms with Crippen molar-refractivity contribution in [3.63, 3.8) is 0 Å². The van der Waals surface area contributed by atoms with Crippen LogP contribution in [0.3, 0.4) is 0 Å². The lowest BCUT2D eigenvalue weighted by Crippen LogP contribution is -2.04. The van der Waals surface area contributed by atoms with Crippen molar-refractivity contribution in [2.24, 2.45) is 5.92 Å². The van der Waals surface area contributed by atoms with Crippen LogP contribution in [0.25, 0.3) is 0 Å². The number of carbonyl (C=O) groups excluding carboxylic acids is 1. The van der Waals surface area contributed by atoms with Gasteiger partial charge in [0.25, 0.3) is 0 Å². The van der Waals surface area contributed by atoms with Crippen LogP contribution >= 0.6 is 15.9 Å². The first kappa shape index (κ1) is 9.71. The first-order chi connectivity index (χ1) is 6.65. The molecule has 1 aliphatic rings. The molecule has 1 aromatic carbocycles. The van der Waals surface area contributed by atoms with Crippen LogP contribution in [0, 0.1) is 5.92 Å². The third kappa shape index (κ3) is 1.27. The van der Waals surface area contributed by atoms with Crippen molar-refractivity contribution in [1.29, 1.82) is 0 Å². The Hall–Kier alpha value is -0.830.